The van der Waals surface area contributed by atoms with E-state index in [0.717, 1.165) is 38.2 Å². The van der Waals surface area contributed by atoms with E-state index in [9.17, 15) is 0 Å². The summed E-state index contributed by atoms with van der Waals surface area (Å²) in [6, 6.07) is 7.00. The van der Waals surface area contributed by atoms with E-state index in [-0.39, 0.29) is 6.04 Å². The molecule has 24 heavy (non-hydrogen) atoms. The van der Waals surface area contributed by atoms with Crippen LogP contribution in [0.15, 0.2) is 43.0 Å². The molecule has 0 spiro atoms. The van der Waals surface area contributed by atoms with Gasteiger partial charge in [0.05, 0.1) is 13.3 Å². The van der Waals surface area contributed by atoms with Gasteiger partial charge in [0.1, 0.15) is 5.75 Å². The third-order valence-corrected chi connectivity index (χ3v) is 4.71. The van der Waals surface area contributed by atoms with Crippen LogP contribution in [0.3, 0.4) is 0 Å². The number of pyridine rings is 2. The van der Waals surface area contributed by atoms with Crippen molar-refractivity contribution in [2.24, 2.45) is 0 Å². The maximum atomic E-state index is 5.42. The van der Waals surface area contributed by atoms with E-state index in [2.05, 4.69) is 33.2 Å². The van der Waals surface area contributed by atoms with Crippen molar-refractivity contribution in [3.05, 3.63) is 54.1 Å². The van der Waals surface area contributed by atoms with Crippen molar-refractivity contribution in [3.8, 4) is 5.75 Å². The number of nitrogens with zero attached hydrogens (tertiary/aromatic N) is 3. The molecule has 0 radical (unpaired) electrons. The Hall–Kier alpha value is -1.98. The van der Waals surface area contributed by atoms with Gasteiger partial charge in [-0.2, -0.15) is 0 Å². The molecule has 3 heterocycles. The van der Waals surface area contributed by atoms with Crippen LogP contribution >= 0.6 is 0 Å². The summed E-state index contributed by atoms with van der Waals surface area (Å²) in [7, 11) is 1.70. The number of hydrogen-bond donors (Lipinski definition) is 1. The molecule has 2 aromatic heterocycles. The third-order valence-electron chi connectivity index (χ3n) is 4.71. The van der Waals surface area contributed by atoms with E-state index in [1.165, 1.54) is 11.1 Å². The van der Waals surface area contributed by atoms with Gasteiger partial charge in [0.15, 0.2) is 0 Å². The van der Waals surface area contributed by atoms with Gasteiger partial charge in [-0.25, -0.2) is 0 Å². The zero-order valence-corrected chi connectivity index (χ0v) is 14.5. The van der Waals surface area contributed by atoms with Crippen molar-refractivity contribution in [1.82, 2.24) is 20.2 Å². The van der Waals surface area contributed by atoms with Crippen LogP contribution in [-0.2, 0) is 6.54 Å². The van der Waals surface area contributed by atoms with E-state index < -0.39 is 0 Å². The van der Waals surface area contributed by atoms with Gasteiger partial charge in [-0.15, -0.1) is 0 Å². The minimum atomic E-state index is 0.262. The minimum Gasteiger partial charge on any atom is -0.495 e. The summed E-state index contributed by atoms with van der Waals surface area (Å²) in [4.78, 5) is 10.8. The second-order valence-electron chi connectivity index (χ2n) is 6.42. The fourth-order valence-corrected chi connectivity index (χ4v) is 3.37. The van der Waals surface area contributed by atoms with Crippen LogP contribution in [0.5, 0.6) is 5.75 Å². The number of hydrogen-bond acceptors (Lipinski definition) is 5. The molecule has 128 valence electrons. The van der Waals surface area contributed by atoms with Crippen LogP contribution in [0.2, 0.25) is 0 Å². The van der Waals surface area contributed by atoms with Gasteiger partial charge in [-0.1, -0.05) is 6.07 Å². The number of piperidine rings is 1. The number of ether oxygens (including phenoxy) is 1. The van der Waals surface area contributed by atoms with Crippen LogP contribution in [-0.4, -0.2) is 41.1 Å². The Morgan fingerprint density at radius 1 is 1.21 bits per heavy atom. The van der Waals surface area contributed by atoms with Crippen molar-refractivity contribution in [2.45, 2.75) is 38.4 Å². The van der Waals surface area contributed by atoms with Crippen molar-refractivity contribution < 1.29 is 4.74 Å². The molecular weight excluding hydrogens is 300 g/mol. The Kier molecular flexibility index (Phi) is 5.77. The highest BCUT2D eigenvalue weighted by Crippen LogP contribution is 2.25. The molecule has 3 rings (SSSR count). The molecule has 1 saturated heterocycles. The number of methoxy groups -OCH3 is 1. The van der Waals surface area contributed by atoms with Gasteiger partial charge in [-0.05, 0) is 50.6 Å². The zero-order valence-electron chi connectivity index (χ0n) is 14.5. The molecule has 1 fully saturated rings. The number of aromatic nitrogens is 2. The van der Waals surface area contributed by atoms with Gasteiger partial charge >= 0.3 is 0 Å². The lowest BCUT2D eigenvalue weighted by atomic mass is 10.0. The molecule has 0 aliphatic carbocycles. The van der Waals surface area contributed by atoms with Gasteiger partial charge < -0.3 is 10.1 Å². The predicted molar refractivity (Wildman–Crippen MR) is 94.9 cm³/mol. The molecular formula is C19H26N4O. The second-order valence-corrected chi connectivity index (χ2v) is 6.42. The highest BCUT2D eigenvalue weighted by molar-refractivity contribution is 5.32. The minimum absolute atomic E-state index is 0.262. The Labute approximate surface area is 144 Å². The lowest BCUT2D eigenvalue weighted by molar-refractivity contribution is 0.185. The first kappa shape index (κ1) is 16.9. The topological polar surface area (TPSA) is 50.3 Å². The normalized spacial score (nSPS) is 17.6. The molecule has 1 aliphatic heterocycles. The highest BCUT2D eigenvalue weighted by Gasteiger charge is 2.22. The molecule has 1 aliphatic rings. The lowest BCUT2D eigenvalue weighted by Gasteiger charge is -2.34. The Morgan fingerprint density at radius 3 is 2.71 bits per heavy atom. The van der Waals surface area contributed by atoms with Crippen molar-refractivity contribution in [2.75, 3.05) is 20.2 Å². The van der Waals surface area contributed by atoms with Gasteiger partial charge in [0, 0.05) is 42.8 Å². The van der Waals surface area contributed by atoms with E-state index >= 15 is 0 Å². The molecule has 0 amide bonds. The standard InChI is InChI=1S/C19H26N4O/c1-15(18-5-9-21-13-19(18)24-2)22-17-6-10-23(11-7-17)14-16-4-3-8-20-12-16/h3-5,8-9,12-13,15,17,22H,6-7,10-11,14H2,1-2H3/t15-/m1/s1. The Bertz CT molecular complexity index is 626. The fraction of sp³-hybridized carbons (Fsp3) is 0.474. The Morgan fingerprint density at radius 2 is 2.00 bits per heavy atom. The number of likely N-dealkylation sites (tertiary alicyclic amines) is 1. The van der Waals surface area contributed by atoms with E-state index in [0.29, 0.717) is 6.04 Å². The Balaban J connectivity index is 1.50. The quantitative estimate of drug-likeness (QED) is 0.884. The average molecular weight is 326 g/mol. The predicted octanol–water partition coefficient (Wildman–Crippen LogP) is 2.80. The molecule has 0 bridgehead atoms. The van der Waals surface area contributed by atoms with Crippen molar-refractivity contribution in [3.63, 3.8) is 0 Å². The summed E-state index contributed by atoms with van der Waals surface area (Å²) in [6.07, 6.45) is 9.73. The number of nitrogens with one attached hydrogen (secondary N) is 1. The largest absolute Gasteiger partial charge is 0.495 e. The molecule has 5 heteroatoms. The first-order valence-corrected chi connectivity index (χ1v) is 8.61. The summed E-state index contributed by atoms with van der Waals surface area (Å²) < 4.78 is 5.42. The average Bonchev–Trinajstić information content (AvgIpc) is 2.64. The summed E-state index contributed by atoms with van der Waals surface area (Å²) >= 11 is 0. The van der Waals surface area contributed by atoms with E-state index in [1.54, 1.807) is 13.3 Å². The zero-order chi connectivity index (χ0) is 16.8. The first-order valence-electron chi connectivity index (χ1n) is 8.61. The maximum absolute atomic E-state index is 5.42. The van der Waals surface area contributed by atoms with Gasteiger partial charge in [0.25, 0.3) is 0 Å². The fourth-order valence-electron chi connectivity index (χ4n) is 3.37. The number of rotatable bonds is 6. The van der Waals surface area contributed by atoms with Gasteiger partial charge in [0.2, 0.25) is 0 Å². The second kappa shape index (κ2) is 8.22. The molecule has 0 saturated carbocycles. The molecule has 0 unspecified atom stereocenters. The SMILES string of the molecule is COc1cnccc1[C@@H](C)NC1CCN(Cc2cccnc2)CC1. The van der Waals surface area contributed by atoms with Gasteiger partial charge in [-0.3, -0.25) is 14.9 Å². The molecule has 0 aromatic carbocycles. The van der Waals surface area contributed by atoms with Crippen LogP contribution < -0.4 is 10.1 Å². The summed E-state index contributed by atoms with van der Waals surface area (Å²) in [5.41, 5.74) is 2.46. The summed E-state index contributed by atoms with van der Waals surface area (Å²) in [6.45, 7) is 5.42. The maximum Gasteiger partial charge on any atom is 0.141 e. The van der Waals surface area contributed by atoms with Crippen molar-refractivity contribution in [1.29, 1.82) is 0 Å². The van der Waals surface area contributed by atoms with Crippen LogP contribution in [0.4, 0.5) is 0 Å². The smallest absolute Gasteiger partial charge is 0.141 e. The van der Waals surface area contributed by atoms with Crippen LogP contribution in [0, 0.1) is 0 Å². The molecule has 2 aromatic rings. The summed E-state index contributed by atoms with van der Waals surface area (Å²) in [5.74, 6) is 0.853. The monoisotopic (exact) mass is 326 g/mol. The lowest BCUT2D eigenvalue weighted by Crippen LogP contribution is -2.43. The van der Waals surface area contributed by atoms with Crippen LogP contribution in [0.1, 0.15) is 36.9 Å². The van der Waals surface area contributed by atoms with E-state index in [4.69, 9.17) is 4.74 Å². The van der Waals surface area contributed by atoms with Crippen molar-refractivity contribution >= 4 is 0 Å². The molecule has 5 nitrogen and oxygen atoms in total. The molecule has 1 N–H and O–H groups in total. The third kappa shape index (κ3) is 4.30. The highest BCUT2D eigenvalue weighted by atomic mass is 16.5. The molecule has 1 atom stereocenters. The summed E-state index contributed by atoms with van der Waals surface area (Å²) in [5, 5.41) is 3.75. The van der Waals surface area contributed by atoms with Crippen LogP contribution in [0.25, 0.3) is 0 Å². The first-order chi connectivity index (χ1) is 11.8. The van der Waals surface area contributed by atoms with E-state index in [1.807, 2.05) is 30.7 Å².